The second-order valence-corrected chi connectivity index (χ2v) is 8.09. The average Bonchev–Trinajstić information content (AvgIpc) is 2.28. The van der Waals surface area contributed by atoms with Crippen molar-refractivity contribution in [3.63, 3.8) is 0 Å². The maximum atomic E-state index is 11.3. The maximum absolute atomic E-state index is 11.3. The van der Waals surface area contributed by atoms with Gasteiger partial charge in [-0.3, -0.25) is 9.59 Å². The molecule has 1 saturated carbocycles. The molecule has 0 aromatic rings. The first-order chi connectivity index (χ1) is 8.40. The van der Waals surface area contributed by atoms with E-state index in [2.05, 4.69) is 13.8 Å². The molecular weight excluding hydrogens is 264 g/mol. The summed E-state index contributed by atoms with van der Waals surface area (Å²) in [6.07, 6.45) is 3.59. The molecule has 1 aliphatic rings. The molecule has 1 fully saturated rings. The zero-order chi connectivity index (χ0) is 13.7. The van der Waals surface area contributed by atoms with Gasteiger partial charge in [0.1, 0.15) is 0 Å². The van der Waals surface area contributed by atoms with E-state index in [0.717, 1.165) is 12.2 Å². The maximum Gasteiger partial charge on any atom is 0.186 e. The van der Waals surface area contributed by atoms with Gasteiger partial charge in [-0.05, 0) is 37.0 Å². The van der Waals surface area contributed by atoms with E-state index in [1.54, 1.807) is 13.8 Å². The van der Waals surface area contributed by atoms with Crippen LogP contribution in [0, 0.1) is 17.8 Å². The van der Waals surface area contributed by atoms with Crippen molar-refractivity contribution < 1.29 is 9.59 Å². The van der Waals surface area contributed by atoms with Crippen LogP contribution >= 0.6 is 23.5 Å². The van der Waals surface area contributed by atoms with Gasteiger partial charge in [-0.2, -0.15) is 0 Å². The van der Waals surface area contributed by atoms with Gasteiger partial charge in [0.05, 0.1) is 0 Å². The van der Waals surface area contributed by atoms with Gasteiger partial charge in [-0.15, -0.1) is 0 Å². The fourth-order valence-corrected chi connectivity index (χ4v) is 4.50. The summed E-state index contributed by atoms with van der Waals surface area (Å²) in [5.74, 6) is 2.81. The van der Waals surface area contributed by atoms with E-state index in [1.807, 2.05) is 0 Å². The van der Waals surface area contributed by atoms with Crippen LogP contribution in [0.15, 0.2) is 0 Å². The predicted molar refractivity (Wildman–Crippen MR) is 80.9 cm³/mol. The SMILES string of the molecule is CC(=O)SC[C@H](C)[C@@H]1CC[C@@H](C)[C@@H](SC(C)=O)C1. The fraction of sp³-hybridized carbons (Fsp3) is 0.857. The van der Waals surface area contributed by atoms with Crippen LogP contribution in [0.5, 0.6) is 0 Å². The van der Waals surface area contributed by atoms with E-state index in [-0.39, 0.29) is 10.2 Å². The number of carbonyl (C=O) groups is 2. The Kier molecular flexibility index (Phi) is 6.78. The molecule has 0 spiro atoms. The number of thioether (sulfide) groups is 2. The Bertz CT molecular complexity index is 304. The number of carbonyl (C=O) groups excluding carboxylic acids is 2. The predicted octanol–water partition coefficient (Wildman–Crippen LogP) is 3.99. The lowest BCUT2D eigenvalue weighted by molar-refractivity contribution is -0.110. The highest BCUT2D eigenvalue weighted by Crippen LogP contribution is 2.40. The van der Waals surface area contributed by atoms with E-state index in [0.29, 0.717) is 23.0 Å². The molecular formula is C14H24O2S2. The lowest BCUT2D eigenvalue weighted by atomic mass is 9.77. The first-order valence-electron chi connectivity index (χ1n) is 6.70. The summed E-state index contributed by atoms with van der Waals surface area (Å²) in [6, 6.07) is 0. The Balaban J connectivity index is 2.47. The molecule has 104 valence electrons. The van der Waals surface area contributed by atoms with Gasteiger partial charge in [0.2, 0.25) is 0 Å². The van der Waals surface area contributed by atoms with Crippen molar-refractivity contribution in [3.8, 4) is 0 Å². The van der Waals surface area contributed by atoms with Gasteiger partial charge in [-0.1, -0.05) is 37.4 Å². The number of rotatable bonds is 4. The largest absolute Gasteiger partial charge is 0.288 e. The summed E-state index contributed by atoms with van der Waals surface area (Å²) in [6.45, 7) is 7.79. The van der Waals surface area contributed by atoms with Crippen LogP contribution < -0.4 is 0 Å². The number of hydrogen-bond acceptors (Lipinski definition) is 4. The van der Waals surface area contributed by atoms with E-state index in [9.17, 15) is 9.59 Å². The van der Waals surface area contributed by atoms with Crippen LogP contribution in [0.4, 0.5) is 0 Å². The zero-order valence-electron chi connectivity index (χ0n) is 11.8. The molecule has 0 unspecified atom stereocenters. The third kappa shape index (κ3) is 5.35. The van der Waals surface area contributed by atoms with Crippen molar-refractivity contribution in [1.82, 2.24) is 0 Å². The highest BCUT2D eigenvalue weighted by atomic mass is 32.2. The van der Waals surface area contributed by atoms with Gasteiger partial charge < -0.3 is 0 Å². The molecule has 0 aromatic heterocycles. The smallest absolute Gasteiger partial charge is 0.186 e. The van der Waals surface area contributed by atoms with Crippen LogP contribution in [0.1, 0.15) is 47.0 Å². The van der Waals surface area contributed by atoms with Crippen LogP contribution in [0.2, 0.25) is 0 Å². The van der Waals surface area contributed by atoms with Crippen LogP contribution in [-0.2, 0) is 9.59 Å². The summed E-state index contributed by atoms with van der Waals surface area (Å²) in [5.41, 5.74) is 0. The van der Waals surface area contributed by atoms with Crippen molar-refractivity contribution in [2.24, 2.45) is 17.8 Å². The molecule has 0 aromatic carbocycles. The van der Waals surface area contributed by atoms with Gasteiger partial charge in [0, 0.05) is 24.9 Å². The minimum atomic E-state index is 0.209. The third-order valence-electron chi connectivity index (χ3n) is 3.83. The molecule has 0 heterocycles. The Labute approximate surface area is 119 Å². The van der Waals surface area contributed by atoms with Crippen molar-refractivity contribution in [3.05, 3.63) is 0 Å². The van der Waals surface area contributed by atoms with Crippen LogP contribution in [0.3, 0.4) is 0 Å². The summed E-state index contributed by atoms with van der Waals surface area (Å²) in [4.78, 5) is 22.3. The Morgan fingerprint density at radius 3 is 2.44 bits per heavy atom. The molecule has 1 rings (SSSR count). The Morgan fingerprint density at radius 1 is 1.22 bits per heavy atom. The summed E-state index contributed by atoms with van der Waals surface area (Å²) < 4.78 is 0. The first kappa shape index (κ1) is 16.1. The molecule has 0 radical (unpaired) electrons. The molecule has 18 heavy (non-hydrogen) atoms. The van der Waals surface area contributed by atoms with E-state index in [4.69, 9.17) is 0 Å². The lowest BCUT2D eigenvalue weighted by Gasteiger charge is -2.36. The quantitative estimate of drug-likeness (QED) is 0.783. The van der Waals surface area contributed by atoms with Crippen molar-refractivity contribution in [2.75, 3.05) is 5.75 Å². The minimum Gasteiger partial charge on any atom is -0.288 e. The lowest BCUT2D eigenvalue weighted by Crippen LogP contribution is -2.30. The zero-order valence-corrected chi connectivity index (χ0v) is 13.4. The third-order valence-corrected chi connectivity index (χ3v) is 6.22. The van der Waals surface area contributed by atoms with Gasteiger partial charge in [-0.25, -0.2) is 0 Å². The second-order valence-electron chi connectivity index (χ2n) is 5.48. The summed E-state index contributed by atoms with van der Waals surface area (Å²) in [5, 5.41) is 0.921. The van der Waals surface area contributed by atoms with Crippen molar-refractivity contribution in [2.45, 2.75) is 52.2 Å². The molecule has 0 saturated heterocycles. The normalized spacial score (nSPS) is 29.9. The van der Waals surface area contributed by atoms with E-state index < -0.39 is 0 Å². The van der Waals surface area contributed by atoms with Gasteiger partial charge in [0.15, 0.2) is 10.2 Å². The van der Waals surface area contributed by atoms with E-state index >= 15 is 0 Å². The van der Waals surface area contributed by atoms with Crippen molar-refractivity contribution >= 4 is 33.8 Å². The fourth-order valence-electron chi connectivity index (χ4n) is 2.59. The summed E-state index contributed by atoms with van der Waals surface area (Å²) in [7, 11) is 0. The van der Waals surface area contributed by atoms with Gasteiger partial charge in [0.25, 0.3) is 0 Å². The molecule has 4 atom stereocenters. The Morgan fingerprint density at radius 2 is 1.89 bits per heavy atom. The molecule has 0 bridgehead atoms. The average molecular weight is 288 g/mol. The first-order valence-corrected chi connectivity index (χ1v) is 8.57. The molecule has 1 aliphatic carbocycles. The monoisotopic (exact) mass is 288 g/mol. The molecule has 0 amide bonds. The molecule has 4 heteroatoms. The number of hydrogen-bond donors (Lipinski definition) is 0. The topological polar surface area (TPSA) is 34.1 Å². The highest BCUT2D eigenvalue weighted by Gasteiger charge is 2.31. The summed E-state index contributed by atoms with van der Waals surface area (Å²) >= 11 is 2.95. The molecule has 0 aliphatic heterocycles. The molecule has 0 N–H and O–H groups in total. The van der Waals surface area contributed by atoms with Crippen molar-refractivity contribution in [1.29, 1.82) is 0 Å². The van der Waals surface area contributed by atoms with Gasteiger partial charge >= 0.3 is 0 Å². The highest BCUT2D eigenvalue weighted by molar-refractivity contribution is 8.14. The standard InChI is InChI=1S/C14H24O2S2/c1-9-5-6-13(7-14(9)18-12(4)16)10(2)8-17-11(3)15/h9-10,13-14H,5-8H2,1-4H3/t9-,10+,13-,14+/m1/s1. The minimum absolute atomic E-state index is 0.209. The molecule has 2 nitrogen and oxygen atoms in total. The Hall–Kier alpha value is 0.0400. The van der Waals surface area contributed by atoms with Crippen LogP contribution in [0.25, 0.3) is 0 Å². The van der Waals surface area contributed by atoms with Crippen LogP contribution in [-0.4, -0.2) is 21.2 Å². The van der Waals surface area contributed by atoms with E-state index in [1.165, 1.54) is 36.4 Å². The second kappa shape index (κ2) is 7.59.